The van der Waals surface area contributed by atoms with E-state index in [9.17, 15) is 13.2 Å². The second kappa shape index (κ2) is 8.76. The number of amides is 1. The lowest BCUT2D eigenvalue weighted by molar-refractivity contribution is -0.122. The fourth-order valence-electron chi connectivity index (χ4n) is 3.86. The van der Waals surface area contributed by atoms with Gasteiger partial charge in [-0.3, -0.25) is 9.10 Å². The maximum Gasteiger partial charge on any atom is 0.244 e. The molecule has 2 aromatic carbocycles. The van der Waals surface area contributed by atoms with Crippen molar-refractivity contribution in [3.8, 4) is 0 Å². The number of sulfonamides is 1. The van der Waals surface area contributed by atoms with Gasteiger partial charge in [0.15, 0.2) is 0 Å². The highest BCUT2D eigenvalue weighted by Gasteiger charge is 2.30. The molecule has 0 aliphatic heterocycles. The fraction of sp³-hybridized carbons (Fsp3) is 0.409. The summed E-state index contributed by atoms with van der Waals surface area (Å²) in [6.45, 7) is 3.50. The Balaban J connectivity index is 1.79. The van der Waals surface area contributed by atoms with E-state index in [-0.39, 0.29) is 11.9 Å². The van der Waals surface area contributed by atoms with E-state index in [2.05, 4.69) is 17.4 Å². The monoisotopic (exact) mass is 434 g/mol. The minimum absolute atomic E-state index is 0.224. The van der Waals surface area contributed by atoms with Gasteiger partial charge in [-0.1, -0.05) is 35.9 Å². The molecular weight excluding hydrogens is 408 g/mol. The van der Waals surface area contributed by atoms with E-state index < -0.39 is 16.1 Å². The number of anilines is 1. The quantitative estimate of drug-likeness (QED) is 0.739. The van der Waals surface area contributed by atoms with Crippen molar-refractivity contribution in [2.24, 2.45) is 0 Å². The number of benzene rings is 2. The number of rotatable bonds is 6. The third-order valence-corrected chi connectivity index (χ3v) is 6.86. The van der Waals surface area contributed by atoms with Gasteiger partial charge in [-0.15, -0.1) is 0 Å². The Morgan fingerprint density at radius 2 is 1.76 bits per heavy atom. The predicted molar refractivity (Wildman–Crippen MR) is 118 cm³/mol. The summed E-state index contributed by atoms with van der Waals surface area (Å²) in [5, 5.41) is 3.37. The van der Waals surface area contributed by atoms with Crippen LogP contribution in [0.15, 0.2) is 42.5 Å². The standard InChI is InChI=1S/C22H27ClN2O3S/c1-15(18-12-11-17-7-4-5-8-19(17)13-18)24-22(26)16(2)25(29(3,27)28)21-10-6-9-20(23)14-21/h6,9-16H,4-5,7-8H2,1-3H3,(H,24,26)/t15-,16+/m0/s1. The molecule has 3 rings (SSSR count). The van der Waals surface area contributed by atoms with Crippen LogP contribution in [0.1, 0.15) is 49.4 Å². The Kier molecular flexibility index (Phi) is 6.54. The number of hydrogen-bond donors (Lipinski definition) is 1. The molecule has 0 radical (unpaired) electrons. The van der Waals surface area contributed by atoms with Gasteiger partial charge in [0.1, 0.15) is 6.04 Å². The van der Waals surface area contributed by atoms with Gasteiger partial charge in [0.2, 0.25) is 15.9 Å². The number of aryl methyl sites for hydroxylation is 2. The van der Waals surface area contributed by atoms with Crippen molar-refractivity contribution < 1.29 is 13.2 Å². The molecule has 2 aromatic rings. The molecule has 156 valence electrons. The molecule has 2 atom stereocenters. The number of nitrogens with one attached hydrogen (secondary N) is 1. The molecule has 1 N–H and O–H groups in total. The maximum atomic E-state index is 12.9. The molecule has 0 bridgehead atoms. The first-order valence-electron chi connectivity index (χ1n) is 9.84. The van der Waals surface area contributed by atoms with Crippen molar-refractivity contribution in [2.75, 3.05) is 10.6 Å². The minimum atomic E-state index is -3.68. The van der Waals surface area contributed by atoms with Crippen molar-refractivity contribution in [3.63, 3.8) is 0 Å². The SMILES string of the molecule is C[C@H](NC(=O)[C@@H](C)N(c1cccc(Cl)c1)S(C)(=O)=O)c1ccc2c(c1)CCCC2. The Bertz CT molecular complexity index is 1010. The lowest BCUT2D eigenvalue weighted by Gasteiger charge is -2.29. The van der Waals surface area contributed by atoms with E-state index >= 15 is 0 Å². The smallest absolute Gasteiger partial charge is 0.244 e. The van der Waals surface area contributed by atoms with E-state index in [1.54, 1.807) is 31.2 Å². The number of nitrogens with zero attached hydrogens (tertiary/aromatic N) is 1. The number of fused-ring (bicyclic) bond motifs is 1. The molecular formula is C22H27ClN2O3S. The van der Waals surface area contributed by atoms with Crippen LogP contribution in [0.5, 0.6) is 0 Å². The largest absolute Gasteiger partial charge is 0.348 e. The summed E-state index contributed by atoms with van der Waals surface area (Å²) in [4.78, 5) is 12.9. The average Bonchev–Trinajstić information content (AvgIpc) is 2.66. The normalized spacial score (nSPS) is 15.9. The van der Waals surface area contributed by atoms with Gasteiger partial charge in [-0.05, 0) is 74.4 Å². The molecule has 1 aliphatic carbocycles. The van der Waals surface area contributed by atoms with E-state index in [0.29, 0.717) is 10.7 Å². The van der Waals surface area contributed by atoms with Crippen molar-refractivity contribution in [3.05, 3.63) is 64.2 Å². The first-order chi connectivity index (χ1) is 13.7. The maximum absolute atomic E-state index is 12.9. The second-order valence-corrected chi connectivity index (χ2v) is 9.98. The zero-order valence-corrected chi connectivity index (χ0v) is 18.6. The van der Waals surface area contributed by atoms with Gasteiger partial charge in [0, 0.05) is 5.02 Å². The van der Waals surface area contributed by atoms with Crippen molar-refractivity contribution in [1.82, 2.24) is 5.32 Å². The summed E-state index contributed by atoms with van der Waals surface area (Å²) >= 11 is 6.02. The van der Waals surface area contributed by atoms with Gasteiger partial charge in [-0.25, -0.2) is 8.42 Å². The van der Waals surface area contributed by atoms with Crippen LogP contribution in [0, 0.1) is 0 Å². The lowest BCUT2D eigenvalue weighted by Crippen LogP contribution is -2.48. The van der Waals surface area contributed by atoms with Crippen molar-refractivity contribution in [2.45, 2.75) is 51.6 Å². The van der Waals surface area contributed by atoms with Crippen LogP contribution in [0.3, 0.4) is 0 Å². The predicted octanol–water partition coefficient (Wildman–Crippen LogP) is 4.25. The van der Waals surface area contributed by atoms with Crippen LogP contribution in [-0.4, -0.2) is 26.6 Å². The highest BCUT2D eigenvalue weighted by Crippen LogP contribution is 2.26. The van der Waals surface area contributed by atoms with Crippen molar-refractivity contribution >= 4 is 33.2 Å². The molecule has 7 heteroatoms. The third kappa shape index (κ3) is 5.11. The van der Waals surface area contributed by atoms with Crippen LogP contribution < -0.4 is 9.62 Å². The minimum Gasteiger partial charge on any atom is -0.348 e. The second-order valence-electron chi connectivity index (χ2n) is 7.68. The van der Waals surface area contributed by atoms with Gasteiger partial charge in [0.25, 0.3) is 0 Å². The number of halogens is 1. The van der Waals surface area contributed by atoms with E-state index in [1.807, 2.05) is 13.0 Å². The summed E-state index contributed by atoms with van der Waals surface area (Å²) in [6, 6.07) is 11.7. The fourth-order valence-corrected chi connectivity index (χ4v) is 5.21. The molecule has 0 saturated carbocycles. The van der Waals surface area contributed by atoms with Crippen LogP contribution in [0.2, 0.25) is 5.02 Å². The Labute approximate surface area is 178 Å². The Morgan fingerprint density at radius 3 is 2.41 bits per heavy atom. The van der Waals surface area contributed by atoms with E-state index in [4.69, 9.17) is 11.6 Å². The zero-order valence-electron chi connectivity index (χ0n) is 17.0. The molecule has 0 aromatic heterocycles. The first-order valence-corrected chi connectivity index (χ1v) is 12.1. The Hall–Kier alpha value is -2.05. The zero-order chi connectivity index (χ0) is 21.2. The number of hydrogen-bond acceptors (Lipinski definition) is 3. The molecule has 0 heterocycles. The van der Waals surface area contributed by atoms with Gasteiger partial charge in [-0.2, -0.15) is 0 Å². The summed E-state index contributed by atoms with van der Waals surface area (Å²) in [5.74, 6) is -0.361. The van der Waals surface area contributed by atoms with Crippen LogP contribution in [0.4, 0.5) is 5.69 Å². The molecule has 29 heavy (non-hydrogen) atoms. The van der Waals surface area contributed by atoms with Gasteiger partial charge >= 0.3 is 0 Å². The molecule has 0 unspecified atom stereocenters. The summed E-state index contributed by atoms with van der Waals surface area (Å²) in [7, 11) is -3.68. The summed E-state index contributed by atoms with van der Waals surface area (Å²) < 4.78 is 25.9. The number of carbonyl (C=O) groups is 1. The summed E-state index contributed by atoms with van der Waals surface area (Å²) in [6.07, 6.45) is 5.68. The molecule has 0 saturated heterocycles. The number of carbonyl (C=O) groups excluding carboxylic acids is 1. The van der Waals surface area contributed by atoms with E-state index in [1.165, 1.54) is 24.0 Å². The molecule has 1 amide bonds. The molecule has 1 aliphatic rings. The first kappa shape index (κ1) is 21.7. The van der Waals surface area contributed by atoms with Gasteiger partial charge in [0.05, 0.1) is 18.0 Å². The highest BCUT2D eigenvalue weighted by molar-refractivity contribution is 7.92. The third-order valence-electron chi connectivity index (χ3n) is 5.38. The average molecular weight is 435 g/mol. The Morgan fingerprint density at radius 1 is 1.07 bits per heavy atom. The van der Waals surface area contributed by atoms with Crippen LogP contribution in [0.25, 0.3) is 0 Å². The van der Waals surface area contributed by atoms with Crippen LogP contribution in [-0.2, 0) is 27.7 Å². The van der Waals surface area contributed by atoms with E-state index in [0.717, 1.165) is 29.0 Å². The molecule has 0 fully saturated rings. The summed E-state index contributed by atoms with van der Waals surface area (Å²) in [5.41, 5.74) is 4.12. The topological polar surface area (TPSA) is 66.5 Å². The van der Waals surface area contributed by atoms with Gasteiger partial charge < -0.3 is 5.32 Å². The molecule has 0 spiro atoms. The highest BCUT2D eigenvalue weighted by atomic mass is 35.5. The van der Waals surface area contributed by atoms with Crippen molar-refractivity contribution in [1.29, 1.82) is 0 Å². The van der Waals surface area contributed by atoms with Crippen LogP contribution >= 0.6 is 11.6 Å². The lowest BCUT2D eigenvalue weighted by atomic mass is 9.89. The molecule has 5 nitrogen and oxygen atoms in total.